The van der Waals surface area contributed by atoms with E-state index in [9.17, 15) is 4.79 Å². The molecule has 0 aromatic carbocycles. The molecular formula is C11H14N2O3. The van der Waals surface area contributed by atoms with Crippen molar-refractivity contribution in [1.82, 2.24) is 9.88 Å². The van der Waals surface area contributed by atoms with Crippen LogP contribution >= 0.6 is 0 Å². The number of carbonyl (C=O) groups is 1. The van der Waals surface area contributed by atoms with Crippen LogP contribution in [0.25, 0.3) is 0 Å². The third-order valence-corrected chi connectivity index (χ3v) is 2.55. The quantitative estimate of drug-likeness (QED) is 0.769. The molecule has 1 fully saturated rings. The smallest absolute Gasteiger partial charge is 0.248 e. The molecule has 5 nitrogen and oxygen atoms in total. The number of nitrogens with zero attached hydrogens (tertiary/aromatic N) is 2. The van der Waals surface area contributed by atoms with Gasteiger partial charge in [0.15, 0.2) is 0 Å². The van der Waals surface area contributed by atoms with Crippen LogP contribution in [0.15, 0.2) is 24.5 Å². The molecular weight excluding hydrogens is 208 g/mol. The molecule has 1 aromatic heterocycles. The van der Waals surface area contributed by atoms with E-state index in [1.165, 1.54) is 0 Å². The second-order valence-electron chi connectivity index (χ2n) is 3.75. The summed E-state index contributed by atoms with van der Waals surface area (Å²) in [7, 11) is 0. The third kappa shape index (κ3) is 2.56. The van der Waals surface area contributed by atoms with Gasteiger partial charge in [-0.05, 0) is 17.7 Å². The second-order valence-corrected chi connectivity index (χ2v) is 3.75. The average molecular weight is 222 g/mol. The summed E-state index contributed by atoms with van der Waals surface area (Å²) in [5.74, 6) is -0.0403. The van der Waals surface area contributed by atoms with Crippen LogP contribution in [0.2, 0.25) is 0 Å². The average Bonchev–Trinajstić information content (AvgIpc) is 2.33. The molecule has 1 aliphatic heterocycles. The number of rotatable bonds is 3. The van der Waals surface area contributed by atoms with E-state index in [4.69, 9.17) is 9.84 Å². The fourth-order valence-electron chi connectivity index (χ4n) is 1.65. The molecule has 2 heterocycles. The highest BCUT2D eigenvalue weighted by atomic mass is 16.5. The van der Waals surface area contributed by atoms with E-state index in [-0.39, 0.29) is 25.2 Å². The predicted molar refractivity (Wildman–Crippen MR) is 56.5 cm³/mol. The molecule has 1 atom stereocenters. The molecule has 1 N–H and O–H groups in total. The van der Waals surface area contributed by atoms with Gasteiger partial charge in [0.25, 0.3) is 0 Å². The molecule has 0 radical (unpaired) electrons. The van der Waals surface area contributed by atoms with Crippen LogP contribution in [0.5, 0.6) is 0 Å². The Labute approximate surface area is 93.7 Å². The first kappa shape index (κ1) is 11.0. The number of ether oxygens (including phenoxy) is 1. The highest BCUT2D eigenvalue weighted by Gasteiger charge is 2.25. The molecule has 2 rings (SSSR count). The van der Waals surface area contributed by atoms with E-state index in [1.807, 2.05) is 12.1 Å². The number of aliphatic hydroxyl groups excluding tert-OH is 1. The normalized spacial score (nSPS) is 21.2. The maximum absolute atomic E-state index is 11.6. The first-order chi connectivity index (χ1) is 7.79. The highest BCUT2D eigenvalue weighted by Crippen LogP contribution is 2.10. The number of aliphatic hydroxyl groups is 1. The number of hydrogen-bond donors (Lipinski definition) is 1. The largest absolute Gasteiger partial charge is 0.394 e. The van der Waals surface area contributed by atoms with E-state index in [1.54, 1.807) is 17.3 Å². The number of morpholine rings is 1. The zero-order valence-corrected chi connectivity index (χ0v) is 8.87. The van der Waals surface area contributed by atoms with Gasteiger partial charge in [0, 0.05) is 25.5 Å². The van der Waals surface area contributed by atoms with Gasteiger partial charge in [-0.2, -0.15) is 0 Å². The highest BCUT2D eigenvalue weighted by molar-refractivity contribution is 5.78. The number of aromatic nitrogens is 1. The maximum Gasteiger partial charge on any atom is 0.248 e. The van der Waals surface area contributed by atoms with E-state index in [0.29, 0.717) is 13.1 Å². The molecule has 0 saturated carbocycles. The topological polar surface area (TPSA) is 62.7 Å². The summed E-state index contributed by atoms with van der Waals surface area (Å²) >= 11 is 0. The first-order valence-electron chi connectivity index (χ1n) is 5.18. The number of carbonyl (C=O) groups excluding carboxylic acids is 1. The SMILES string of the molecule is O=C1COC(CO)CN1Cc1ccncc1. The van der Waals surface area contributed by atoms with Gasteiger partial charge in [-0.25, -0.2) is 0 Å². The minimum atomic E-state index is -0.264. The Bertz CT molecular complexity index is 356. The molecule has 1 unspecified atom stereocenters. The van der Waals surface area contributed by atoms with Crippen LogP contribution in [0.3, 0.4) is 0 Å². The maximum atomic E-state index is 11.6. The predicted octanol–water partition coefficient (Wildman–Crippen LogP) is -0.199. The standard InChI is InChI=1S/C11H14N2O3/c14-7-10-6-13(11(15)8-16-10)5-9-1-3-12-4-2-9/h1-4,10,14H,5-8H2. The Hall–Kier alpha value is -1.46. The summed E-state index contributed by atoms with van der Waals surface area (Å²) in [4.78, 5) is 17.2. The molecule has 1 saturated heterocycles. The van der Waals surface area contributed by atoms with Crippen LogP contribution in [0.4, 0.5) is 0 Å². The van der Waals surface area contributed by atoms with Crippen molar-refractivity contribution in [3.63, 3.8) is 0 Å². The lowest BCUT2D eigenvalue weighted by atomic mass is 10.2. The Morgan fingerprint density at radius 2 is 2.25 bits per heavy atom. The van der Waals surface area contributed by atoms with Crippen molar-refractivity contribution in [3.05, 3.63) is 30.1 Å². The van der Waals surface area contributed by atoms with Gasteiger partial charge in [-0.3, -0.25) is 9.78 Å². The summed E-state index contributed by atoms with van der Waals surface area (Å²) in [5, 5.41) is 8.99. The molecule has 1 aromatic rings. The fourth-order valence-corrected chi connectivity index (χ4v) is 1.65. The van der Waals surface area contributed by atoms with Crippen molar-refractivity contribution in [2.45, 2.75) is 12.6 Å². The summed E-state index contributed by atoms with van der Waals surface area (Å²) in [6.07, 6.45) is 3.13. The second kappa shape index (κ2) is 5.05. The Morgan fingerprint density at radius 3 is 2.94 bits per heavy atom. The van der Waals surface area contributed by atoms with Crippen molar-refractivity contribution in [2.75, 3.05) is 19.8 Å². The molecule has 1 aliphatic rings. The Kier molecular flexibility index (Phi) is 3.48. The number of amides is 1. The van der Waals surface area contributed by atoms with Crippen LogP contribution < -0.4 is 0 Å². The zero-order valence-electron chi connectivity index (χ0n) is 8.87. The van der Waals surface area contributed by atoms with E-state index >= 15 is 0 Å². The number of hydrogen-bond acceptors (Lipinski definition) is 4. The molecule has 0 bridgehead atoms. The lowest BCUT2D eigenvalue weighted by Crippen LogP contribution is -2.47. The van der Waals surface area contributed by atoms with Crippen molar-refractivity contribution in [3.8, 4) is 0 Å². The molecule has 0 spiro atoms. The Morgan fingerprint density at radius 1 is 1.50 bits per heavy atom. The minimum Gasteiger partial charge on any atom is -0.394 e. The summed E-state index contributed by atoms with van der Waals surface area (Å²) in [5.41, 5.74) is 1.03. The van der Waals surface area contributed by atoms with E-state index in [2.05, 4.69) is 4.98 Å². The van der Waals surface area contributed by atoms with Crippen LogP contribution in [-0.4, -0.2) is 46.8 Å². The molecule has 16 heavy (non-hydrogen) atoms. The van der Waals surface area contributed by atoms with Gasteiger partial charge >= 0.3 is 0 Å². The van der Waals surface area contributed by atoms with Crippen molar-refractivity contribution in [2.24, 2.45) is 0 Å². The van der Waals surface area contributed by atoms with Gasteiger partial charge in [0.05, 0.1) is 12.7 Å². The lowest BCUT2D eigenvalue weighted by molar-refractivity contribution is -0.151. The minimum absolute atomic E-state index is 0.0403. The van der Waals surface area contributed by atoms with E-state index in [0.717, 1.165) is 5.56 Å². The fraction of sp³-hybridized carbons (Fsp3) is 0.455. The molecule has 1 amide bonds. The third-order valence-electron chi connectivity index (χ3n) is 2.55. The molecule has 5 heteroatoms. The molecule has 86 valence electrons. The van der Waals surface area contributed by atoms with Crippen LogP contribution in [0, 0.1) is 0 Å². The molecule has 0 aliphatic carbocycles. The summed E-state index contributed by atoms with van der Waals surface area (Å²) < 4.78 is 5.15. The van der Waals surface area contributed by atoms with Gasteiger partial charge in [0.2, 0.25) is 5.91 Å². The summed E-state index contributed by atoms with van der Waals surface area (Å²) in [6, 6.07) is 3.74. The van der Waals surface area contributed by atoms with Gasteiger partial charge in [0.1, 0.15) is 6.61 Å². The van der Waals surface area contributed by atoms with Gasteiger partial charge in [-0.1, -0.05) is 0 Å². The van der Waals surface area contributed by atoms with Gasteiger partial charge in [-0.15, -0.1) is 0 Å². The lowest BCUT2D eigenvalue weighted by Gasteiger charge is -2.31. The Balaban J connectivity index is 2.00. The van der Waals surface area contributed by atoms with Crippen LogP contribution in [0.1, 0.15) is 5.56 Å². The first-order valence-corrected chi connectivity index (χ1v) is 5.18. The monoisotopic (exact) mass is 222 g/mol. The zero-order chi connectivity index (χ0) is 11.4. The van der Waals surface area contributed by atoms with E-state index < -0.39 is 0 Å². The van der Waals surface area contributed by atoms with Gasteiger partial charge < -0.3 is 14.7 Å². The van der Waals surface area contributed by atoms with Crippen molar-refractivity contribution >= 4 is 5.91 Å². The van der Waals surface area contributed by atoms with Crippen molar-refractivity contribution < 1.29 is 14.6 Å². The summed E-state index contributed by atoms with van der Waals surface area (Å²) in [6.45, 7) is 0.981. The number of pyridine rings is 1. The van der Waals surface area contributed by atoms with Crippen molar-refractivity contribution in [1.29, 1.82) is 0 Å². The van der Waals surface area contributed by atoms with Crippen LogP contribution in [-0.2, 0) is 16.1 Å².